The molecule has 0 aliphatic heterocycles. The van der Waals surface area contributed by atoms with E-state index in [1.807, 2.05) is 0 Å². The second kappa shape index (κ2) is 5.79. The number of carbonyl (C=O) groups is 1. The van der Waals surface area contributed by atoms with Crippen molar-refractivity contribution in [3.05, 3.63) is 58.1 Å². The highest BCUT2D eigenvalue weighted by atomic mass is 79.9. The molecular weight excluding hydrogens is 317 g/mol. The summed E-state index contributed by atoms with van der Waals surface area (Å²) in [5.74, 6) is -2.21. The maximum atomic E-state index is 13.6. The van der Waals surface area contributed by atoms with E-state index in [4.69, 9.17) is 9.84 Å². The molecule has 0 spiro atoms. The number of halogens is 2. The van der Waals surface area contributed by atoms with E-state index < -0.39 is 11.8 Å². The van der Waals surface area contributed by atoms with Crippen molar-refractivity contribution < 1.29 is 19.0 Å². The molecule has 0 saturated heterocycles. The lowest BCUT2D eigenvalue weighted by Gasteiger charge is -2.10. The summed E-state index contributed by atoms with van der Waals surface area (Å²) >= 11 is 3.25. The van der Waals surface area contributed by atoms with E-state index in [9.17, 15) is 9.18 Å². The van der Waals surface area contributed by atoms with Crippen LogP contribution in [-0.2, 0) is 6.61 Å². The molecule has 2 rings (SSSR count). The minimum absolute atomic E-state index is 0.0354. The molecular formula is C13H9BrFNO3. The molecule has 6 heteroatoms. The van der Waals surface area contributed by atoms with Gasteiger partial charge < -0.3 is 9.84 Å². The van der Waals surface area contributed by atoms with Crippen LogP contribution in [0.15, 0.2) is 41.1 Å². The molecule has 1 aromatic carbocycles. The molecule has 0 radical (unpaired) electrons. The zero-order chi connectivity index (χ0) is 13.8. The van der Waals surface area contributed by atoms with E-state index in [1.54, 1.807) is 18.5 Å². The number of rotatable bonds is 4. The molecule has 98 valence electrons. The van der Waals surface area contributed by atoms with Crippen LogP contribution in [0.3, 0.4) is 0 Å². The molecule has 1 aromatic heterocycles. The fraction of sp³-hybridized carbons (Fsp3) is 0.0769. The van der Waals surface area contributed by atoms with E-state index in [1.165, 1.54) is 12.1 Å². The third-order valence-electron chi connectivity index (χ3n) is 2.34. The van der Waals surface area contributed by atoms with Crippen molar-refractivity contribution in [3.63, 3.8) is 0 Å². The van der Waals surface area contributed by atoms with Crippen LogP contribution in [0, 0.1) is 5.82 Å². The lowest BCUT2D eigenvalue weighted by atomic mass is 10.2. The van der Waals surface area contributed by atoms with Gasteiger partial charge in [-0.05, 0) is 34.1 Å². The lowest BCUT2D eigenvalue weighted by molar-refractivity contribution is 0.0690. The predicted octanol–water partition coefficient (Wildman–Crippen LogP) is 3.26. The van der Waals surface area contributed by atoms with E-state index >= 15 is 0 Å². The number of aromatic carboxylic acids is 1. The second-order valence-electron chi connectivity index (χ2n) is 3.72. The Kier molecular flexibility index (Phi) is 4.11. The third kappa shape index (κ3) is 3.29. The first kappa shape index (κ1) is 13.5. The van der Waals surface area contributed by atoms with Gasteiger partial charge in [0.2, 0.25) is 0 Å². The molecule has 0 atom stereocenters. The summed E-state index contributed by atoms with van der Waals surface area (Å²) in [6.45, 7) is 0.0354. The van der Waals surface area contributed by atoms with Crippen molar-refractivity contribution in [2.75, 3.05) is 0 Å². The van der Waals surface area contributed by atoms with Crippen LogP contribution in [0.5, 0.6) is 5.75 Å². The maximum absolute atomic E-state index is 13.6. The van der Waals surface area contributed by atoms with Crippen LogP contribution in [0.2, 0.25) is 0 Å². The van der Waals surface area contributed by atoms with Gasteiger partial charge in [-0.25, -0.2) is 9.18 Å². The topological polar surface area (TPSA) is 59.4 Å². The summed E-state index contributed by atoms with van der Waals surface area (Å²) in [7, 11) is 0. The molecule has 0 saturated carbocycles. The van der Waals surface area contributed by atoms with E-state index in [-0.39, 0.29) is 17.9 Å². The lowest BCUT2D eigenvalue weighted by Crippen LogP contribution is -2.05. The molecule has 4 nitrogen and oxygen atoms in total. The van der Waals surface area contributed by atoms with Gasteiger partial charge in [-0.1, -0.05) is 6.07 Å². The minimum Gasteiger partial charge on any atom is -0.485 e. The SMILES string of the molecule is O=C(O)c1cccc(F)c1OCc1cncc(Br)c1. The normalized spacial score (nSPS) is 10.2. The number of hydrogen-bond donors (Lipinski definition) is 1. The van der Waals surface area contributed by atoms with Crippen LogP contribution in [-0.4, -0.2) is 16.1 Å². The molecule has 0 aliphatic rings. The standard InChI is InChI=1S/C13H9BrFNO3/c14-9-4-8(5-16-6-9)7-19-12-10(13(17)18)2-1-3-11(12)15/h1-6H,7H2,(H,17,18). The van der Waals surface area contributed by atoms with Crippen LogP contribution in [0.25, 0.3) is 0 Å². The number of ether oxygens (including phenoxy) is 1. The van der Waals surface area contributed by atoms with Gasteiger partial charge in [0, 0.05) is 22.4 Å². The fourth-order valence-electron chi connectivity index (χ4n) is 1.51. The van der Waals surface area contributed by atoms with E-state index in [0.717, 1.165) is 10.5 Å². The number of pyridine rings is 1. The molecule has 19 heavy (non-hydrogen) atoms. The van der Waals surface area contributed by atoms with Crippen LogP contribution in [0.1, 0.15) is 15.9 Å². The summed E-state index contributed by atoms with van der Waals surface area (Å²) in [4.78, 5) is 14.9. The Morgan fingerprint density at radius 2 is 2.21 bits per heavy atom. The van der Waals surface area contributed by atoms with Crippen molar-refractivity contribution in [1.29, 1.82) is 0 Å². The first-order valence-corrected chi connectivity index (χ1v) is 6.11. The smallest absolute Gasteiger partial charge is 0.339 e. The first-order chi connectivity index (χ1) is 9.08. The minimum atomic E-state index is -1.23. The second-order valence-corrected chi connectivity index (χ2v) is 4.64. The Hall–Kier alpha value is -1.95. The molecule has 1 N–H and O–H groups in total. The predicted molar refractivity (Wildman–Crippen MR) is 69.6 cm³/mol. The third-order valence-corrected chi connectivity index (χ3v) is 2.78. The van der Waals surface area contributed by atoms with Crippen molar-refractivity contribution >= 4 is 21.9 Å². The van der Waals surface area contributed by atoms with Gasteiger partial charge in [0.25, 0.3) is 0 Å². The zero-order valence-corrected chi connectivity index (χ0v) is 11.2. The number of benzene rings is 1. The Morgan fingerprint density at radius 1 is 1.42 bits per heavy atom. The highest BCUT2D eigenvalue weighted by Crippen LogP contribution is 2.24. The maximum Gasteiger partial charge on any atom is 0.339 e. The molecule has 0 aliphatic carbocycles. The number of hydrogen-bond acceptors (Lipinski definition) is 3. The monoisotopic (exact) mass is 325 g/mol. The summed E-state index contributed by atoms with van der Waals surface area (Å²) in [6.07, 6.45) is 3.17. The van der Waals surface area contributed by atoms with Gasteiger partial charge in [0.05, 0.1) is 0 Å². The Morgan fingerprint density at radius 3 is 2.89 bits per heavy atom. The molecule has 0 amide bonds. The molecule has 1 heterocycles. The average Bonchev–Trinajstić information content (AvgIpc) is 2.37. The van der Waals surface area contributed by atoms with Gasteiger partial charge >= 0.3 is 5.97 Å². The zero-order valence-electron chi connectivity index (χ0n) is 9.64. The number of para-hydroxylation sites is 1. The molecule has 0 bridgehead atoms. The number of carboxylic acids is 1. The summed E-state index contributed by atoms with van der Waals surface area (Å²) in [6, 6.07) is 5.53. The number of nitrogens with zero attached hydrogens (tertiary/aromatic N) is 1. The highest BCUT2D eigenvalue weighted by Gasteiger charge is 2.15. The van der Waals surface area contributed by atoms with E-state index in [0.29, 0.717) is 5.56 Å². The summed E-state index contributed by atoms with van der Waals surface area (Å²) in [5, 5.41) is 8.96. The first-order valence-electron chi connectivity index (χ1n) is 5.32. The Bertz CT molecular complexity index is 619. The van der Waals surface area contributed by atoms with Gasteiger partial charge in [-0.3, -0.25) is 4.98 Å². The number of carboxylic acid groups (broad SMARTS) is 1. The highest BCUT2D eigenvalue weighted by molar-refractivity contribution is 9.10. The van der Waals surface area contributed by atoms with Gasteiger partial charge in [-0.2, -0.15) is 0 Å². The Balaban J connectivity index is 2.22. The van der Waals surface area contributed by atoms with Crippen LogP contribution >= 0.6 is 15.9 Å². The Labute approximate surface area is 117 Å². The van der Waals surface area contributed by atoms with Gasteiger partial charge in [0.15, 0.2) is 11.6 Å². The van der Waals surface area contributed by atoms with Crippen molar-refractivity contribution in [1.82, 2.24) is 4.98 Å². The van der Waals surface area contributed by atoms with Crippen LogP contribution in [0.4, 0.5) is 4.39 Å². The van der Waals surface area contributed by atoms with Gasteiger partial charge in [-0.15, -0.1) is 0 Å². The number of aromatic nitrogens is 1. The molecule has 2 aromatic rings. The van der Waals surface area contributed by atoms with E-state index in [2.05, 4.69) is 20.9 Å². The average molecular weight is 326 g/mol. The van der Waals surface area contributed by atoms with Crippen molar-refractivity contribution in [2.45, 2.75) is 6.61 Å². The van der Waals surface area contributed by atoms with Crippen molar-refractivity contribution in [2.24, 2.45) is 0 Å². The summed E-state index contributed by atoms with van der Waals surface area (Å²) < 4.78 is 19.6. The molecule has 0 unspecified atom stereocenters. The molecule has 0 fully saturated rings. The fourth-order valence-corrected chi connectivity index (χ4v) is 1.93. The largest absolute Gasteiger partial charge is 0.485 e. The van der Waals surface area contributed by atoms with Crippen molar-refractivity contribution in [3.8, 4) is 5.75 Å². The van der Waals surface area contributed by atoms with Crippen LogP contribution < -0.4 is 4.74 Å². The van der Waals surface area contributed by atoms with Gasteiger partial charge in [0.1, 0.15) is 12.2 Å². The quantitative estimate of drug-likeness (QED) is 0.937. The summed E-state index contributed by atoms with van der Waals surface area (Å²) in [5.41, 5.74) is 0.497.